The van der Waals surface area contributed by atoms with Gasteiger partial charge in [0.2, 0.25) is 0 Å². The van der Waals surface area contributed by atoms with E-state index in [1.165, 1.54) is 12.0 Å². The molecule has 1 nitrogen and oxygen atoms in total. The molecule has 0 saturated carbocycles. The highest BCUT2D eigenvalue weighted by Crippen LogP contribution is 2.23. The van der Waals surface area contributed by atoms with Crippen molar-refractivity contribution in [1.29, 1.82) is 0 Å². The molecule has 1 rings (SSSR count). The molecule has 1 unspecified atom stereocenters. The SMILES string of the molecule is CCCC(NC)c1ccc(Cl)c(C)c1. The Hall–Kier alpha value is -0.530. The van der Waals surface area contributed by atoms with Crippen molar-refractivity contribution in [1.82, 2.24) is 5.32 Å². The second kappa shape index (κ2) is 5.38. The minimum absolute atomic E-state index is 0.455. The highest BCUT2D eigenvalue weighted by molar-refractivity contribution is 6.31. The second-order valence-electron chi connectivity index (χ2n) is 3.64. The average Bonchev–Trinajstić information content (AvgIpc) is 2.19. The van der Waals surface area contributed by atoms with E-state index < -0.39 is 0 Å². The Morgan fingerprint density at radius 2 is 2.14 bits per heavy atom. The van der Waals surface area contributed by atoms with E-state index in [2.05, 4.69) is 24.4 Å². The number of nitrogens with one attached hydrogen (secondary N) is 1. The summed E-state index contributed by atoms with van der Waals surface area (Å²) >= 11 is 5.99. The van der Waals surface area contributed by atoms with Crippen molar-refractivity contribution < 1.29 is 0 Å². The van der Waals surface area contributed by atoms with E-state index in [1.807, 2.05) is 20.0 Å². The number of rotatable bonds is 4. The van der Waals surface area contributed by atoms with Crippen molar-refractivity contribution in [3.63, 3.8) is 0 Å². The molecule has 0 radical (unpaired) electrons. The molecule has 0 aliphatic carbocycles. The minimum atomic E-state index is 0.455. The summed E-state index contributed by atoms with van der Waals surface area (Å²) in [7, 11) is 2.00. The number of hydrogen-bond donors (Lipinski definition) is 1. The summed E-state index contributed by atoms with van der Waals surface area (Å²) < 4.78 is 0. The fraction of sp³-hybridized carbons (Fsp3) is 0.500. The van der Waals surface area contributed by atoms with Crippen molar-refractivity contribution >= 4 is 11.6 Å². The Kier molecular flexibility index (Phi) is 4.43. The van der Waals surface area contributed by atoms with Crippen LogP contribution in [0.4, 0.5) is 0 Å². The van der Waals surface area contributed by atoms with Crippen LogP contribution in [0, 0.1) is 6.92 Å². The molecule has 1 N–H and O–H groups in total. The van der Waals surface area contributed by atoms with Crippen molar-refractivity contribution in [3.8, 4) is 0 Å². The van der Waals surface area contributed by atoms with Gasteiger partial charge in [-0.2, -0.15) is 0 Å². The van der Waals surface area contributed by atoms with E-state index >= 15 is 0 Å². The van der Waals surface area contributed by atoms with E-state index in [4.69, 9.17) is 11.6 Å². The molecule has 0 aliphatic rings. The summed E-state index contributed by atoms with van der Waals surface area (Å²) in [6.45, 7) is 4.25. The maximum atomic E-state index is 5.99. The molecule has 78 valence electrons. The smallest absolute Gasteiger partial charge is 0.0435 e. The van der Waals surface area contributed by atoms with Crippen LogP contribution in [0.5, 0.6) is 0 Å². The van der Waals surface area contributed by atoms with Crippen molar-refractivity contribution in [2.24, 2.45) is 0 Å². The van der Waals surface area contributed by atoms with Gasteiger partial charge in [0.1, 0.15) is 0 Å². The average molecular weight is 212 g/mol. The standard InChI is InChI=1S/C12H18ClN/c1-4-5-12(14-3)10-6-7-11(13)9(2)8-10/h6-8,12,14H,4-5H2,1-3H3. The van der Waals surface area contributed by atoms with Gasteiger partial charge in [-0.15, -0.1) is 0 Å². The van der Waals surface area contributed by atoms with E-state index in [1.54, 1.807) is 0 Å². The summed E-state index contributed by atoms with van der Waals surface area (Å²) in [4.78, 5) is 0. The highest BCUT2D eigenvalue weighted by Gasteiger charge is 2.08. The molecule has 1 aromatic carbocycles. The van der Waals surface area contributed by atoms with E-state index in [0.717, 1.165) is 17.0 Å². The third-order valence-electron chi connectivity index (χ3n) is 2.51. The largest absolute Gasteiger partial charge is 0.313 e. The molecule has 1 atom stereocenters. The van der Waals surface area contributed by atoms with Crippen LogP contribution in [0.1, 0.15) is 36.9 Å². The predicted molar refractivity (Wildman–Crippen MR) is 62.9 cm³/mol. The molecule has 0 amide bonds. The van der Waals surface area contributed by atoms with E-state index in [9.17, 15) is 0 Å². The Morgan fingerprint density at radius 1 is 1.43 bits per heavy atom. The minimum Gasteiger partial charge on any atom is -0.313 e. The molecule has 0 bridgehead atoms. The Morgan fingerprint density at radius 3 is 2.64 bits per heavy atom. The maximum absolute atomic E-state index is 5.99. The fourth-order valence-electron chi connectivity index (χ4n) is 1.65. The van der Waals surface area contributed by atoms with Gasteiger partial charge in [-0.3, -0.25) is 0 Å². The number of aryl methyl sites for hydroxylation is 1. The summed E-state index contributed by atoms with van der Waals surface area (Å²) in [5.41, 5.74) is 2.48. The molecule has 2 heteroatoms. The van der Waals surface area contributed by atoms with Gasteiger partial charge >= 0.3 is 0 Å². The van der Waals surface area contributed by atoms with Gasteiger partial charge in [0, 0.05) is 11.1 Å². The van der Waals surface area contributed by atoms with Crippen LogP contribution in [0.25, 0.3) is 0 Å². The Balaban J connectivity index is 2.88. The lowest BCUT2D eigenvalue weighted by Crippen LogP contribution is -2.16. The normalized spacial score (nSPS) is 12.9. The highest BCUT2D eigenvalue weighted by atomic mass is 35.5. The third-order valence-corrected chi connectivity index (χ3v) is 2.93. The summed E-state index contributed by atoms with van der Waals surface area (Å²) in [6.07, 6.45) is 2.35. The topological polar surface area (TPSA) is 12.0 Å². The van der Waals surface area contributed by atoms with Gasteiger partial charge in [-0.1, -0.05) is 37.1 Å². The van der Waals surface area contributed by atoms with Gasteiger partial charge in [-0.25, -0.2) is 0 Å². The predicted octanol–water partition coefficient (Wildman–Crippen LogP) is 3.71. The molecule has 1 aromatic rings. The first-order valence-electron chi connectivity index (χ1n) is 5.12. The van der Waals surface area contributed by atoms with Crippen LogP contribution in [-0.4, -0.2) is 7.05 Å². The second-order valence-corrected chi connectivity index (χ2v) is 4.05. The summed E-state index contributed by atoms with van der Waals surface area (Å²) in [5.74, 6) is 0. The quantitative estimate of drug-likeness (QED) is 0.801. The number of halogens is 1. The first kappa shape index (κ1) is 11.5. The first-order valence-corrected chi connectivity index (χ1v) is 5.50. The molecule has 14 heavy (non-hydrogen) atoms. The molecular formula is C12H18ClN. The van der Waals surface area contributed by atoms with E-state index in [-0.39, 0.29) is 0 Å². The van der Waals surface area contributed by atoms with Crippen molar-refractivity contribution in [3.05, 3.63) is 34.3 Å². The van der Waals surface area contributed by atoms with Crippen LogP contribution in [0.15, 0.2) is 18.2 Å². The fourth-order valence-corrected chi connectivity index (χ4v) is 1.77. The summed E-state index contributed by atoms with van der Waals surface area (Å²) in [6, 6.07) is 6.70. The molecule has 0 saturated heterocycles. The first-order chi connectivity index (χ1) is 6.69. The van der Waals surface area contributed by atoms with Crippen molar-refractivity contribution in [2.45, 2.75) is 32.7 Å². The van der Waals surface area contributed by atoms with Gasteiger partial charge in [0.25, 0.3) is 0 Å². The summed E-state index contributed by atoms with van der Waals surface area (Å²) in [5, 5.41) is 4.17. The Labute approximate surface area is 91.5 Å². The molecule has 0 fully saturated rings. The molecule has 0 heterocycles. The Bertz CT molecular complexity index is 296. The lowest BCUT2D eigenvalue weighted by Gasteiger charge is -2.16. The van der Waals surface area contributed by atoms with Crippen molar-refractivity contribution in [2.75, 3.05) is 7.05 Å². The molecular weight excluding hydrogens is 194 g/mol. The maximum Gasteiger partial charge on any atom is 0.0435 e. The van der Waals surface area contributed by atoms with Crippen LogP contribution < -0.4 is 5.32 Å². The molecule has 0 aliphatic heterocycles. The van der Waals surface area contributed by atoms with E-state index in [0.29, 0.717) is 6.04 Å². The van der Waals surface area contributed by atoms with Gasteiger partial charge < -0.3 is 5.32 Å². The lowest BCUT2D eigenvalue weighted by atomic mass is 10.0. The van der Waals surface area contributed by atoms with Crippen LogP contribution in [0.3, 0.4) is 0 Å². The van der Waals surface area contributed by atoms with Crippen LogP contribution in [-0.2, 0) is 0 Å². The van der Waals surface area contributed by atoms with Crippen LogP contribution >= 0.6 is 11.6 Å². The zero-order valence-electron chi connectivity index (χ0n) is 9.10. The van der Waals surface area contributed by atoms with Gasteiger partial charge in [-0.05, 0) is 37.6 Å². The molecule has 0 aromatic heterocycles. The van der Waals surface area contributed by atoms with Gasteiger partial charge in [0.15, 0.2) is 0 Å². The monoisotopic (exact) mass is 211 g/mol. The number of benzene rings is 1. The lowest BCUT2D eigenvalue weighted by molar-refractivity contribution is 0.541. The van der Waals surface area contributed by atoms with Gasteiger partial charge in [0.05, 0.1) is 0 Å². The van der Waals surface area contributed by atoms with Crippen LogP contribution in [0.2, 0.25) is 5.02 Å². The zero-order chi connectivity index (χ0) is 10.6. The number of hydrogen-bond acceptors (Lipinski definition) is 1. The third kappa shape index (κ3) is 2.73. The molecule has 0 spiro atoms. The zero-order valence-corrected chi connectivity index (χ0v) is 9.86.